The highest BCUT2D eigenvalue weighted by Crippen LogP contribution is 2.52. The highest BCUT2D eigenvalue weighted by Gasteiger charge is 2.42. The number of ether oxygens (including phenoxy) is 10. The molecule has 150 heavy (non-hydrogen) atoms. The molecule has 0 saturated carbocycles. The second-order valence-electron chi connectivity index (χ2n) is 50.4. The van der Waals surface area contributed by atoms with Crippen molar-refractivity contribution in [2.24, 2.45) is 0 Å². The predicted octanol–water partition coefficient (Wildman–Crippen LogP) is 29.2. The molecule has 0 aromatic heterocycles. The number of hydrogen-bond donors (Lipinski definition) is 3. The molecule has 16 bridgehead atoms. The largest absolute Gasteiger partial charge is 0.493 e. The van der Waals surface area contributed by atoms with Crippen LogP contribution in [0.5, 0.6) is 46.0 Å². The summed E-state index contributed by atoms with van der Waals surface area (Å²) in [5, 5.41) is 13.9. The number of amides is 4. The molecule has 2 saturated heterocycles. The molecule has 8 aromatic carbocycles. The van der Waals surface area contributed by atoms with E-state index in [1.54, 1.807) is 9.80 Å². The topological polar surface area (TPSA) is 218 Å². The van der Waals surface area contributed by atoms with Gasteiger partial charge in [-0.2, -0.15) is 0 Å². The standard InChI is InChI=1S/2C64H93N3O7.CH4O/c2*1-19-26-70-55-41-30-42-34-49(62(8,9)10)37-45(56(42)71-27-20-2)32-46-40-52(65-59(68)53-24-23-25-67(53)60(69)74-64(14,15)16)54(66(17)18)51(58(46)73-29-22-4)39-47-38-50(63(11,12)13)36-44(57(47)72-28-21-3)31-43(55)35-48(33-41)61(5,6)7;1-2/h2*33-38,40,53H,19-32,39H2,1-18H3,(H,65,68);2H,1H3/t2*53-;/m00./s1. The molecule has 0 spiro atoms. The SMILES string of the molecule is CCCOc1c2cc(C(C)(C)C)cc1Cc1cc(C(C)(C)C)cc(c1OCCC)Cc1c(OCCC)c(cc(NC(=O)[C@@H]3CCCN3C(=O)OC(C)(C)C)c1N(C)C)Cc1cc(C(C)(C)C)cc(c1OCCC)C2.CCCOc1c2cc(C(C)(C)C)cc1Cc1cc(C(C)(C)C)cc(c1OCCC)Cc1c(OCCC)c(cc(NC(=O)[C@@H]3CCCN3C(=O)OC(C)(C)C)c1N(C)C)Cc1cc(C(C)(C)C)cc(c1OCCC)C2.CO. The Morgan fingerprint density at radius 3 is 0.620 bits per heavy atom. The van der Waals surface area contributed by atoms with E-state index in [-0.39, 0.29) is 44.3 Å². The lowest BCUT2D eigenvalue weighted by Gasteiger charge is -2.31. The van der Waals surface area contributed by atoms with Crippen molar-refractivity contribution >= 4 is 46.8 Å². The van der Waals surface area contributed by atoms with Crippen LogP contribution in [0.2, 0.25) is 0 Å². The number of anilines is 4. The zero-order valence-corrected chi connectivity index (χ0v) is 99.4. The maximum Gasteiger partial charge on any atom is 0.410 e. The van der Waals surface area contributed by atoms with Crippen LogP contribution in [0.1, 0.15) is 421 Å². The van der Waals surface area contributed by atoms with Crippen LogP contribution in [0.25, 0.3) is 0 Å². The average molecular weight is 2060 g/mol. The first-order valence-electron chi connectivity index (χ1n) is 56.1. The summed E-state index contributed by atoms with van der Waals surface area (Å²) >= 11 is 0. The molecule has 12 rings (SSSR count). The zero-order valence-electron chi connectivity index (χ0n) is 99.4. The maximum atomic E-state index is 14.9. The summed E-state index contributed by atoms with van der Waals surface area (Å²) in [6, 6.07) is 31.1. The second kappa shape index (κ2) is 51.3. The number of likely N-dealkylation sites (tertiary alicyclic amines) is 2. The Bertz CT molecular complexity index is 5600. The molecule has 2 aliphatic heterocycles. The van der Waals surface area contributed by atoms with Gasteiger partial charge >= 0.3 is 12.2 Å². The van der Waals surface area contributed by atoms with Gasteiger partial charge in [0.15, 0.2) is 0 Å². The van der Waals surface area contributed by atoms with Gasteiger partial charge in [0.25, 0.3) is 0 Å². The van der Waals surface area contributed by atoms with E-state index in [1.165, 1.54) is 33.4 Å². The van der Waals surface area contributed by atoms with Gasteiger partial charge in [0, 0.05) is 122 Å². The first-order valence-corrected chi connectivity index (χ1v) is 56.1. The maximum absolute atomic E-state index is 14.9. The van der Waals surface area contributed by atoms with Gasteiger partial charge < -0.3 is 72.9 Å². The number of hydrogen-bond acceptors (Lipinski definition) is 17. The van der Waals surface area contributed by atoms with E-state index in [2.05, 4.69) is 285 Å². The van der Waals surface area contributed by atoms with Crippen molar-refractivity contribution in [3.05, 3.63) is 207 Å². The predicted molar refractivity (Wildman–Crippen MR) is 618 cm³/mol. The Labute approximate surface area is 903 Å². The van der Waals surface area contributed by atoms with Crippen LogP contribution in [0.4, 0.5) is 32.3 Å². The van der Waals surface area contributed by atoms with Gasteiger partial charge in [0.1, 0.15) is 69.3 Å². The molecule has 826 valence electrons. The van der Waals surface area contributed by atoms with E-state index in [0.29, 0.717) is 154 Å². The van der Waals surface area contributed by atoms with Crippen LogP contribution < -0.4 is 58.3 Å². The van der Waals surface area contributed by atoms with Gasteiger partial charge in [-0.3, -0.25) is 19.4 Å². The number of nitrogens with one attached hydrogen (secondary N) is 2. The molecule has 4 aliphatic rings. The molecule has 4 amide bonds. The highest BCUT2D eigenvalue weighted by molar-refractivity contribution is 6.02. The molecule has 21 heteroatoms. The smallest absolute Gasteiger partial charge is 0.410 e. The van der Waals surface area contributed by atoms with Crippen LogP contribution in [-0.4, -0.2) is 163 Å². The number of benzene rings is 8. The van der Waals surface area contributed by atoms with E-state index in [1.807, 2.05) is 69.7 Å². The van der Waals surface area contributed by atoms with Crippen molar-refractivity contribution in [2.75, 3.05) is 122 Å². The van der Waals surface area contributed by atoms with Crippen molar-refractivity contribution in [3.63, 3.8) is 0 Å². The van der Waals surface area contributed by atoms with Crippen LogP contribution >= 0.6 is 0 Å². The fourth-order valence-electron chi connectivity index (χ4n) is 20.4. The Morgan fingerprint density at radius 2 is 0.453 bits per heavy atom. The molecule has 8 aromatic rings. The Balaban J connectivity index is 0.000000301. The summed E-state index contributed by atoms with van der Waals surface area (Å²) in [5.41, 5.74) is 24.7. The fraction of sp³-hybridized carbons (Fsp3) is 0.597. The number of aliphatic hydroxyl groups excluding tert-OH is 1. The van der Waals surface area contributed by atoms with Crippen molar-refractivity contribution in [3.8, 4) is 46.0 Å². The third kappa shape index (κ3) is 30.9. The van der Waals surface area contributed by atoms with E-state index >= 15 is 0 Å². The van der Waals surface area contributed by atoms with Gasteiger partial charge in [-0.15, -0.1) is 0 Å². The van der Waals surface area contributed by atoms with Gasteiger partial charge in [0.2, 0.25) is 11.8 Å². The van der Waals surface area contributed by atoms with Crippen LogP contribution in [0.3, 0.4) is 0 Å². The number of aliphatic hydroxyl groups is 1. The Kier molecular flexibility index (Phi) is 41.4. The minimum absolute atomic E-state index is 0.146. The first-order chi connectivity index (χ1) is 70.4. The van der Waals surface area contributed by atoms with Gasteiger partial charge in [0.05, 0.1) is 75.6 Å². The minimum Gasteiger partial charge on any atom is -0.493 e. The summed E-state index contributed by atoms with van der Waals surface area (Å²) in [5.74, 6) is 6.43. The molecule has 21 nitrogen and oxygen atoms in total. The van der Waals surface area contributed by atoms with Crippen LogP contribution in [-0.2, 0) is 103 Å². The Hall–Kier alpha value is -10.8. The van der Waals surface area contributed by atoms with Crippen LogP contribution in [0, 0.1) is 0 Å². The lowest BCUT2D eigenvalue weighted by molar-refractivity contribution is -0.121. The van der Waals surface area contributed by atoms with Gasteiger partial charge in [-0.05, 0) is 263 Å². The quantitative estimate of drug-likeness (QED) is 0.0381. The number of carbonyl (C=O) groups is 4. The zero-order chi connectivity index (χ0) is 111. The minimum atomic E-state index is -0.701. The van der Waals surface area contributed by atoms with Crippen molar-refractivity contribution in [1.29, 1.82) is 0 Å². The third-order valence-corrected chi connectivity index (χ3v) is 27.9. The molecule has 3 N–H and O–H groups in total. The number of rotatable bonds is 30. The van der Waals surface area contributed by atoms with E-state index in [9.17, 15) is 19.2 Å². The molecule has 0 unspecified atom stereocenters. The normalized spacial score (nSPS) is 15.0. The molecule has 2 atom stereocenters. The van der Waals surface area contributed by atoms with E-state index in [4.69, 9.17) is 52.5 Å². The average Bonchev–Trinajstić information content (AvgIpc) is 0.815. The van der Waals surface area contributed by atoms with Gasteiger partial charge in [-0.1, -0.05) is 253 Å². The summed E-state index contributed by atoms with van der Waals surface area (Å²) in [6.07, 6.45) is 12.4. The monoisotopic (exact) mass is 2060 g/mol. The molecule has 2 heterocycles. The number of fused-ring (bicyclic) bond motifs is 16. The fourth-order valence-corrected chi connectivity index (χ4v) is 20.4. The van der Waals surface area contributed by atoms with Crippen molar-refractivity contribution < 1.29 is 71.7 Å². The number of nitrogens with zero attached hydrogens (tertiary/aromatic N) is 4. The highest BCUT2D eigenvalue weighted by atomic mass is 16.6. The van der Waals surface area contributed by atoms with Crippen LogP contribution in [0.15, 0.2) is 84.9 Å². The van der Waals surface area contributed by atoms with Gasteiger partial charge in [-0.25, -0.2) is 9.59 Å². The lowest BCUT2D eigenvalue weighted by atomic mass is 9.80. The van der Waals surface area contributed by atoms with E-state index < -0.39 is 35.5 Å². The third-order valence-electron chi connectivity index (χ3n) is 27.9. The summed E-state index contributed by atoms with van der Waals surface area (Å²) in [6.45, 7) is 74.7. The second-order valence-corrected chi connectivity index (χ2v) is 50.4. The van der Waals surface area contributed by atoms with Crippen molar-refractivity contribution in [1.82, 2.24) is 9.80 Å². The first kappa shape index (κ1) is 121. The number of carbonyl (C=O) groups excluding carboxylic acids is 4. The molecule has 2 aliphatic carbocycles. The Morgan fingerprint density at radius 1 is 0.280 bits per heavy atom. The molecular formula is C129H190N6O15. The lowest BCUT2D eigenvalue weighted by Crippen LogP contribution is -2.45. The summed E-state index contributed by atoms with van der Waals surface area (Å²) < 4.78 is 68.0. The van der Waals surface area contributed by atoms with Crippen molar-refractivity contribution in [2.45, 2.75) is 406 Å². The summed E-state index contributed by atoms with van der Waals surface area (Å²) in [4.78, 5) is 64.5. The molecule has 2 fully saturated rings. The molecular weight excluding hydrogens is 1870 g/mol. The summed E-state index contributed by atoms with van der Waals surface area (Å²) in [7, 11) is 9.13. The van der Waals surface area contributed by atoms with E-state index in [0.717, 1.165) is 205 Å². The molecule has 0 radical (unpaired) electrons.